The molecular weight excluding hydrogens is 66.8 g/mol. The summed E-state index contributed by atoms with van der Waals surface area (Å²) in [6.45, 7) is 1.33. The van der Waals surface area contributed by atoms with E-state index in [9.17, 15) is 4.79 Å². The Morgan fingerprint density at radius 1 is 2.00 bits per heavy atom. The molecule has 5 heavy (non-hydrogen) atoms. The summed E-state index contributed by atoms with van der Waals surface area (Å²) < 4.78 is 0. The first-order valence-corrected chi connectivity index (χ1v) is 1.37. The second-order valence-corrected chi connectivity index (χ2v) is 0.860. The van der Waals surface area contributed by atoms with Gasteiger partial charge in [0.15, 0.2) is 0 Å². The Morgan fingerprint density at radius 3 is 2.20 bits per heavy atom. The maximum absolute atomic E-state index is 9.56. The summed E-state index contributed by atoms with van der Waals surface area (Å²) in [6.07, 6.45) is 0. The van der Waals surface area contributed by atoms with Gasteiger partial charge < -0.3 is 9.82 Å². The summed E-state index contributed by atoms with van der Waals surface area (Å²) in [7, 11) is -0.333. The molecule has 0 saturated heterocycles. The van der Waals surface area contributed by atoms with Gasteiger partial charge in [-0.25, -0.2) is 0 Å². The third-order valence-electron chi connectivity index (χ3n) is 0.223. The average Bonchev–Trinajstić information content (AvgIpc) is 1.38. The molecule has 0 amide bonds. The van der Waals surface area contributed by atoms with Crippen molar-refractivity contribution < 1.29 is 9.82 Å². The van der Waals surface area contributed by atoms with Crippen molar-refractivity contribution in [3.63, 3.8) is 0 Å². The van der Waals surface area contributed by atoms with Crippen LogP contribution in [0, 0.1) is 0 Å². The van der Waals surface area contributed by atoms with Crippen molar-refractivity contribution in [2.45, 2.75) is 6.92 Å². The average molecular weight is 71.9 g/mol. The van der Waals surface area contributed by atoms with Crippen LogP contribution in [-0.2, 0) is 4.79 Å². The SMILES string of the molecule is CC(=O)BO. The second kappa shape index (κ2) is 1.97. The summed E-state index contributed by atoms with van der Waals surface area (Å²) >= 11 is 0. The van der Waals surface area contributed by atoms with E-state index >= 15 is 0 Å². The maximum atomic E-state index is 9.56. The molecule has 0 saturated carbocycles. The third kappa shape index (κ3) is 3.69. The minimum atomic E-state index is -0.333. The monoisotopic (exact) mass is 72.0 g/mol. The Hall–Kier alpha value is -0.305. The van der Waals surface area contributed by atoms with Gasteiger partial charge >= 0.3 is 7.48 Å². The fourth-order valence-electron chi connectivity index (χ4n) is 0. The predicted molar refractivity (Wildman–Crippen MR) is 20.0 cm³/mol. The molecule has 0 bridgehead atoms. The number of hydrogen-bond donors (Lipinski definition) is 1. The van der Waals surface area contributed by atoms with Gasteiger partial charge in [0.05, 0.1) is 0 Å². The van der Waals surface area contributed by atoms with Crippen molar-refractivity contribution >= 4 is 13.2 Å². The van der Waals surface area contributed by atoms with E-state index in [1.807, 2.05) is 0 Å². The molecule has 0 radical (unpaired) electrons. The first-order chi connectivity index (χ1) is 2.27. The Morgan fingerprint density at radius 2 is 2.20 bits per heavy atom. The number of hydrogen-bond acceptors (Lipinski definition) is 2. The minimum absolute atomic E-state index is 0.190. The van der Waals surface area contributed by atoms with E-state index in [-0.39, 0.29) is 13.2 Å². The van der Waals surface area contributed by atoms with Crippen LogP contribution in [0.25, 0.3) is 0 Å². The lowest BCUT2D eigenvalue weighted by atomic mass is 9.97. The van der Waals surface area contributed by atoms with Gasteiger partial charge in [-0.15, -0.1) is 0 Å². The van der Waals surface area contributed by atoms with Crippen LogP contribution in [0.5, 0.6) is 0 Å². The molecule has 0 aliphatic carbocycles. The molecule has 0 fully saturated rings. The second-order valence-electron chi connectivity index (χ2n) is 0.860. The molecule has 0 aromatic rings. The maximum Gasteiger partial charge on any atom is 0.347 e. The van der Waals surface area contributed by atoms with Crippen LogP contribution in [0.4, 0.5) is 0 Å². The number of carbonyl (C=O) groups excluding carboxylic acids is 1. The molecule has 2 nitrogen and oxygen atoms in total. The molecule has 0 rings (SSSR count). The van der Waals surface area contributed by atoms with Gasteiger partial charge in [0.1, 0.15) is 5.68 Å². The largest absolute Gasteiger partial charge is 0.447 e. The van der Waals surface area contributed by atoms with Gasteiger partial charge in [0.25, 0.3) is 0 Å². The summed E-state index contributed by atoms with van der Waals surface area (Å²) in [6, 6.07) is 0. The van der Waals surface area contributed by atoms with Crippen LogP contribution in [0.2, 0.25) is 0 Å². The zero-order valence-corrected chi connectivity index (χ0v) is 3.06. The van der Waals surface area contributed by atoms with E-state index in [2.05, 4.69) is 0 Å². The van der Waals surface area contributed by atoms with Crippen LogP contribution in [0.1, 0.15) is 6.92 Å². The topological polar surface area (TPSA) is 37.3 Å². The molecule has 0 aromatic carbocycles. The van der Waals surface area contributed by atoms with Crippen LogP contribution in [0.3, 0.4) is 0 Å². The molecule has 0 aromatic heterocycles. The summed E-state index contributed by atoms with van der Waals surface area (Å²) in [4.78, 5) is 9.56. The minimum Gasteiger partial charge on any atom is -0.447 e. The van der Waals surface area contributed by atoms with Crippen molar-refractivity contribution in [1.82, 2.24) is 0 Å². The van der Waals surface area contributed by atoms with Crippen molar-refractivity contribution in [3.8, 4) is 0 Å². The smallest absolute Gasteiger partial charge is 0.347 e. The third-order valence-corrected chi connectivity index (χ3v) is 0.223. The molecule has 0 aliphatic heterocycles. The fraction of sp³-hybridized carbons (Fsp3) is 0.500. The van der Waals surface area contributed by atoms with E-state index in [1.54, 1.807) is 0 Å². The van der Waals surface area contributed by atoms with Gasteiger partial charge in [-0.1, -0.05) is 0 Å². The van der Waals surface area contributed by atoms with Crippen LogP contribution in [-0.4, -0.2) is 18.2 Å². The van der Waals surface area contributed by atoms with Gasteiger partial charge in [-0.2, -0.15) is 0 Å². The van der Waals surface area contributed by atoms with E-state index in [0.717, 1.165) is 0 Å². The highest BCUT2D eigenvalue weighted by atomic mass is 16.2. The molecule has 0 spiro atoms. The highest BCUT2D eigenvalue weighted by Gasteiger charge is 1.84. The van der Waals surface area contributed by atoms with Crippen molar-refractivity contribution in [2.24, 2.45) is 0 Å². The summed E-state index contributed by atoms with van der Waals surface area (Å²) in [5, 5.41) is 7.79. The first-order valence-electron chi connectivity index (χ1n) is 1.37. The van der Waals surface area contributed by atoms with Crippen molar-refractivity contribution in [1.29, 1.82) is 0 Å². The zero-order valence-electron chi connectivity index (χ0n) is 3.06. The lowest BCUT2D eigenvalue weighted by Crippen LogP contribution is -1.99. The van der Waals surface area contributed by atoms with Gasteiger partial charge in [0.2, 0.25) is 0 Å². The lowest BCUT2D eigenvalue weighted by Gasteiger charge is -1.67. The molecule has 0 heterocycles. The first kappa shape index (κ1) is 4.69. The molecule has 3 heteroatoms. The van der Waals surface area contributed by atoms with Crippen molar-refractivity contribution in [3.05, 3.63) is 0 Å². The van der Waals surface area contributed by atoms with Crippen LogP contribution < -0.4 is 0 Å². The molecule has 0 aliphatic rings. The van der Waals surface area contributed by atoms with Gasteiger partial charge in [-0.05, 0) is 6.92 Å². The lowest BCUT2D eigenvalue weighted by molar-refractivity contribution is -0.110. The van der Waals surface area contributed by atoms with E-state index in [4.69, 9.17) is 5.02 Å². The molecule has 0 unspecified atom stereocenters. The summed E-state index contributed by atoms with van der Waals surface area (Å²) in [5.41, 5.74) is -0.190. The van der Waals surface area contributed by atoms with E-state index < -0.39 is 0 Å². The Balaban J connectivity index is 2.85. The van der Waals surface area contributed by atoms with E-state index in [0.29, 0.717) is 0 Å². The quantitative estimate of drug-likeness (QED) is 0.398. The van der Waals surface area contributed by atoms with Gasteiger partial charge in [-0.3, -0.25) is 0 Å². The predicted octanol–water partition coefficient (Wildman–Crippen LogP) is -1.12. The molecular formula is C2H5BO2. The highest BCUT2D eigenvalue weighted by Crippen LogP contribution is 1.51. The Kier molecular flexibility index (Phi) is 1.85. The molecule has 0 atom stereocenters. The number of rotatable bonds is 1. The van der Waals surface area contributed by atoms with Crippen LogP contribution in [0.15, 0.2) is 0 Å². The van der Waals surface area contributed by atoms with Gasteiger partial charge in [0, 0.05) is 0 Å². The Labute approximate surface area is 31.1 Å². The zero-order chi connectivity index (χ0) is 4.28. The summed E-state index contributed by atoms with van der Waals surface area (Å²) in [5.74, 6) is 0. The van der Waals surface area contributed by atoms with Crippen LogP contribution >= 0.6 is 0 Å². The highest BCUT2D eigenvalue weighted by molar-refractivity contribution is 6.67. The van der Waals surface area contributed by atoms with Crippen molar-refractivity contribution in [2.75, 3.05) is 0 Å². The molecule has 28 valence electrons. The Bertz CT molecular complexity index is 42.9. The fourth-order valence-corrected chi connectivity index (χ4v) is 0. The normalized spacial score (nSPS) is 6.80. The number of carbonyl (C=O) groups is 1. The standard InChI is InChI=1S/C2H5BO2/c1-2(4)3-5/h3,5H,1H3. The van der Waals surface area contributed by atoms with E-state index in [1.165, 1.54) is 6.92 Å². The molecule has 1 N–H and O–H groups in total.